The van der Waals surface area contributed by atoms with E-state index < -0.39 is 0 Å². The van der Waals surface area contributed by atoms with Crippen molar-refractivity contribution in [2.45, 2.75) is 20.5 Å². The summed E-state index contributed by atoms with van der Waals surface area (Å²) in [7, 11) is 0. The number of aromatic nitrogens is 4. The molecular formula is C9H9ClN4OS. The molecule has 0 unspecified atom stereocenters. The Morgan fingerprint density at radius 2 is 2.12 bits per heavy atom. The number of nitrogens with zero attached hydrogens (tertiary/aromatic N) is 4. The molecule has 0 saturated carbocycles. The fourth-order valence-corrected chi connectivity index (χ4v) is 1.62. The van der Waals surface area contributed by atoms with Gasteiger partial charge in [0.15, 0.2) is 0 Å². The lowest BCUT2D eigenvalue weighted by Gasteiger charge is -2.04. The van der Waals surface area contributed by atoms with Crippen LogP contribution >= 0.6 is 23.1 Å². The minimum Gasteiger partial charge on any atom is -0.470 e. The molecular weight excluding hydrogens is 248 g/mol. The molecule has 7 heteroatoms. The summed E-state index contributed by atoms with van der Waals surface area (Å²) in [5.74, 6) is 0.465. The average Bonchev–Trinajstić information content (AvgIpc) is 2.66. The third kappa shape index (κ3) is 2.45. The molecule has 5 nitrogen and oxygen atoms in total. The first-order chi connectivity index (χ1) is 7.66. The zero-order chi connectivity index (χ0) is 11.5. The molecule has 0 N–H and O–H groups in total. The number of hydrogen-bond acceptors (Lipinski definition) is 6. The van der Waals surface area contributed by atoms with Crippen molar-refractivity contribution in [2.75, 3.05) is 0 Å². The van der Waals surface area contributed by atoms with Crippen LogP contribution in [0.25, 0.3) is 0 Å². The first kappa shape index (κ1) is 11.2. The van der Waals surface area contributed by atoms with Crippen LogP contribution in [0.1, 0.15) is 17.0 Å². The van der Waals surface area contributed by atoms with Crippen LogP contribution in [0.4, 0.5) is 0 Å². The summed E-state index contributed by atoms with van der Waals surface area (Å²) in [6, 6.07) is 1.83. The Bertz CT molecular complexity index is 502. The van der Waals surface area contributed by atoms with Gasteiger partial charge in [-0.05, 0) is 19.4 Å². The molecule has 2 aromatic heterocycles. The third-order valence-corrected chi connectivity index (χ3v) is 3.06. The van der Waals surface area contributed by atoms with E-state index in [2.05, 4.69) is 19.8 Å². The predicted molar refractivity (Wildman–Crippen MR) is 60.8 cm³/mol. The Labute approximate surface area is 102 Å². The molecule has 0 fully saturated rings. The largest absolute Gasteiger partial charge is 0.470 e. The second-order valence-corrected chi connectivity index (χ2v) is 4.59. The van der Waals surface area contributed by atoms with Gasteiger partial charge < -0.3 is 4.74 Å². The number of halogens is 1. The van der Waals surface area contributed by atoms with Crippen molar-refractivity contribution < 1.29 is 4.74 Å². The van der Waals surface area contributed by atoms with Crippen molar-refractivity contribution in [2.24, 2.45) is 0 Å². The summed E-state index contributed by atoms with van der Waals surface area (Å²) in [4.78, 5) is 0. The van der Waals surface area contributed by atoms with Gasteiger partial charge in [-0.2, -0.15) is 5.10 Å². The summed E-state index contributed by atoms with van der Waals surface area (Å²) in [5.41, 5.74) is 2.54. The lowest BCUT2D eigenvalue weighted by Crippen LogP contribution is -2.01. The molecule has 0 aliphatic heterocycles. The van der Waals surface area contributed by atoms with Gasteiger partial charge in [-0.25, -0.2) is 0 Å². The van der Waals surface area contributed by atoms with Gasteiger partial charge >= 0.3 is 0 Å². The van der Waals surface area contributed by atoms with Gasteiger partial charge in [-0.1, -0.05) is 16.1 Å². The summed E-state index contributed by atoms with van der Waals surface area (Å²) in [5, 5.41) is 11.7. The van der Waals surface area contributed by atoms with E-state index in [0.29, 0.717) is 15.9 Å². The van der Waals surface area contributed by atoms with Crippen LogP contribution in [0.15, 0.2) is 6.07 Å². The van der Waals surface area contributed by atoms with Gasteiger partial charge in [0.05, 0.1) is 5.69 Å². The molecule has 0 aliphatic carbocycles. The molecule has 0 radical (unpaired) electrons. The van der Waals surface area contributed by atoms with Crippen molar-refractivity contribution in [3.8, 4) is 5.88 Å². The first-order valence-corrected chi connectivity index (χ1v) is 5.72. The number of aryl methyl sites for hydroxylation is 2. The quantitative estimate of drug-likeness (QED) is 0.842. The monoisotopic (exact) mass is 256 g/mol. The van der Waals surface area contributed by atoms with Gasteiger partial charge in [-0.3, -0.25) is 0 Å². The van der Waals surface area contributed by atoms with Crippen molar-refractivity contribution in [1.29, 1.82) is 0 Å². The Morgan fingerprint density at radius 1 is 1.31 bits per heavy atom. The molecule has 84 valence electrons. The molecule has 0 aromatic carbocycles. The molecule has 0 saturated heterocycles. The minimum absolute atomic E-state index is 0.256. The topological polar surface area (TPSA) is 60.8 Å². The smallest absolute Gasteiger partial charge is 0.234 e. The van der Waals surface area contributed by atoms with Crippen LogP contribution in [0.2, 0.25) is 4.34 Å². The highest BCUT2D eigenvalue weighted by molar-refractivity contribution is 7.10. The normalized spacial score (nSPS) is 10.4. The first-order valence-electron chi connectivity index (χ1n) is 4.57. The second kappa shape index (κ2) is 4.71. The molecule has 0 amide bonds. The fourth-order valence-electron chi connectivity index (χ4n) is 1.02. The van der Waals surface area contributed by atoms with Crippen LogP contribution in [0.5, 0.6) is 5.88 Å². The van der Waals surface area contributed by atoms with Crippen LogP contribution < -0.4 is 4.74 Å². The number of rotatable bonds is 3. The Morgan fingerprint density at radius 3 is 2.75 bits per heavy atom. The van der Waals surface area contributed by atoms with Gasteiger partial charge in [0.1, 0.15) is 16.6 Å². The maximum atomic E-state index is 5.84. The van der Waals surface area contributed by atoms with E-state index >= 15 is 0 Å². The van der Waals surface area contributed by atoms with Gasteiger partial charge in [0, 0.05) is 17.6 Å². The van der Waals surface area contributed by atoms with Crippen molar-refractivity contribution >= 4 is 23.1 Å². The van der Waals surface area contributed by atoms with Gasteiger partial charge in [-0.15, -0.1) is 10.2 Å². The van der Waals surface area contributed by atoms with Gasteiger partial charge in [0.25, 0.3) is 0 Å². The van der Waals surface area contributed by atoms with E-state index in [1.165, 1.54) is 0 Å². The standard InChI is InChI=1S/C9H9ClN4OS/c1-5-3-8(13-11-6(5)2)15-4-7-9(10)16-14-12-7/h3H,4H2,1-2H3. The molecule has 0 bridgehead atoms. The highest BCUT2D eigenvalue weighted by Gasteiger charge is 2.07. The Hall–Kier alpha value is -1.27. The van der Waals surface area contributed by atoms with E-state index in [4.69, 9.17) is 16.3 Å². The van der Waals surface area contributed by atoms with Crippen LogP contribution in [-0.2, 0) is 6.61 Å². The SMILES string of the molecule is Cc1cc(OCc2nnsc2Cl)nnc1C. The maximum Gasteiger partial charge on any atom is 0.234 e. The van der Waals surface area contributed by atoms with E-state index in [1.807, 2.05) is 19.9 Å². The molecule has 0 aliphatic rings. The number of ether oxygens (including phenoxy) is 1. The minimum atomic E-state index is 0.256. The van der Waals surface area contributed by atoms with E-state index in [1.54, 1.807) is 0 Å². The molecule has 0 spiro atoms. The van der Waals surface area contributed by atoms with E-state index in [-0.39, 0.29) is 6.61 Å². The zero-order valence-corrected chi connectivity index (χ0v) is 10.3. The highest BCUT2D eigenvalue weighted by Crippen LogP contribution is 2.19. The highest BCUT2D eigenvalue weighted by atomic mass is 35.5. The molecule has 2 aromatic rings. The summed E-state index contributed by atoms with van der Waals surface area (Å²) < 4.78 is 9.66. The average molecular weight is 257 g/mol. The van der Waals surface area contributed by atoms with Crippen LogP contribution in [0, 0.1) is 13.8 Å². The fraction of sp³-hybridized carbons (Fsp3) is 0.333. The summed E-state index contributed by atoms with van der Waals surface area (Å²) in [6.07, 6.45) is 0. The Kier molecular flexibility index (Phi) is 3.31. The molecule has 2 rings (SSSR count). The number of hydrogen-bond donors (Lipinski definition) is 0. The third-order valence-electron chi connectivity index (χ3n) is 2.08. The lowest BCUT2D eigenvalue weighted by atomic mass is 10.2. The van der Waals surface area contributed by atoms with Crippen LogP contribution in [0.3, 0.4) is 0 Å². The lowest BCUT2D eigenvalue weighted by molar-refractivity contribution is 0.285. The maximum absolute atomic E-state index is 5.84. The molecule has 0 atom stereocenters. The summed E-state index contributed by atoms with van der Waals surface area (Å²) >= 11 is 6.97. The van der Waals surface area contributed by atoms with Crippen LogP contribution in [-0.4, -0.2) is 19.8 Å². The summed E-state index contributed by atoms with van der Waals surface area (Å²) in [6.45, 7) is 4.11. The van der Waals surface area contributed by atoms with Crippen molar-refractivity contribution in [3.63, 3.8) is 0 Å². The van der Waals surface area contributed by atoms with Crippen molar-refractivity contribution in [3.05, 3.63) is 27.4 Å². The van der Waals surface area contributed by atoms with Crippen molar-refractivity contribution in [1.82, 2.24) is 19.8 Å². The second-order valence-electron chi connectivity index (χ2n) is 3.23. The Balaban J connectivity index is 2.05. The molecule has 16 heavy (non-hydrogen) atoms. The van der Waals surface area contributed by atoms with Gasteiger partial charge in [0.2, 0.25) is 5.88 Å². The molecule has 2 heterocycles. The van der Waals surface area contributed by atoms with E-state index in [9.17, 15) is 0 Å². The zero-order valence-electron chi connectivity index (χ0n) is 8.77. The van der Waals surface area contributed by atoms with E-state index in [0.717, 1.165) is 22.8 Å². The predicted octanol–water partition coefficient (Wildman–Crippen LogP) is 2.18.